The molecule has 1 aromatic rings. The Kier molecular flexibility index (Phi) is 5.28. The van der Waals surface area contributed by atoms with Crippen molar-refractivity contribution in [3.05, 3.63) is 34.1 Å². The van der Waals surface area contributed by atoms with E-state index in [0.717, 1.165) is 12.0 Å². The Morgan fingerprint density at radius 3 is 2.71 bits per heavy atom. The molecule has 0 saturated heterocycles. The summed E-state index contributed by atoms with van der Waals surface area (Å²) in [6, 6.07) is 4.14. The monoisotopic (exact) mass is 301 g/mol. The molecule has 0 aromatic heterocycles. The Labute approximate surface area is 110 Å². The molecule has 0 spiro atoms. The minimum absolute atomic E-state index is 0.00198. The molecule has 0 fully saturated rings. The van der Waals surface area contributed by atoms with Crippen molar-refractivity contribution in [2.45, 2.75) is 32.7 Å². The number of Topliss-reactive ketones (excluding diaryl/α,β-unsaturated/α-hetero) is 1. The van der Waals surface area contributed by atoms with Crippen molar-refractivity contribution >= 4 is 21.7 Å². The van der Waals surface area contributed by atoms with Crippen LogP contribution in [0.5, 0.6) is 0 Å². The highest BCUT2D eigenvalue weighted by Gasteiger charge is 2.19. The lowest BCUT2D eigenvalue weighted by molar-refractivity contribution is -0.120. The van der Waals surface area contributed by atoms with Gasteiger partial charge in [-0.25, -0.2) is 4.39 Å². The fraction of sp³-hybridized carbons (Fsp3) is 0.462. The van der Waals surface area contributed by atoms with Gasteiger partial charge in [0.15, 0.2) is 5.78 Å². The number of ketones is 1. The van der Waals surface area contributed by atoms with Crippen molar-refractivity contribution in [1.82, 2.24) is 0 Å². The van der Waals surface area contributed by atoms with Gasteiger partial charge in [0.25, 0.3) is 0 Å². The molecule has 1 rings (SSSR count). The first-order valence-corrected chi connectivity index (χ1v) is 6.47. The first kappa shape index (κ1) is 14.3. The van der Waals surface area contributed by atoms with Gasteiger partial charge in [-0.3, -0.25) is 4.79 Å². The van der Waals surface area contributed by atoms with Crippen LogP contribution in [0, 0.1) is 11.7 Å². The maximum atomic E-state index is 13.0. The summed E-state index contributed by atoms with van der Waals surface area (Å²) in [6.07, 6.45) is 1.13. The summed E-state index contributed by atoms with van der Waals surface area (Å²) in [7, 11) is 0. The zero-order chi connectivity index (χ0) is 13.0. The summed E-state index contributed by atoms with van der Waals surface area (Å²) in [5.74, 6) is -0.156. The number of carbonyl (C=O) groups is 1. The van der Waals surface area contributed by atoms with E-state index < -0.39 is 6.04 Å². The van der Waals surface area contributed by atoms with Gasteiger partial charge in [0.05, 0.1) is 10.5 Å². The normalized spacial score (nSPS) is 14.4. The van der Waals surface area contributed by atoms with E-state index in [9.17, 15) is 9.18 Å². The van der Waals surface area contributed by atoms with Crippen molar-refractivity contribution in [2.75, 3.05) is 0 Å². The summed E-state index contributed by atoms with van der Waals surface area (Å²) in [5.41, 5.74) is 6.63. The average molecular weight is 302 g/mol. The third-order valence-electron chi connectivity index (χ3n) is 2.99. The zero-order valence-electron chi connectivity index (χ0n) is 10.0. The van der Waals surface area contributed by atoms with Gasteiger partial charge in [-0.05, 0) is 39.5 Å². The predicted molar refractivity (Wildman–Crippen MR) is 70.2 cm³/mol. The van der Waals surface area contributed by atoms with Crippen molar-refractivity contribution in [3.63, 3.8) is 0 Å². The van der Waals surface area contributed by atoms with E-state index in [1.165, 1.54) is 6.07 Å². The molecule has 2 atom stereocenters. The molecule has 0 bridgehead atoms. The van der Waals surface area contributed by atoms with Crippen molar-refractivity contribution < 1.29 is 9.18 Å². The number of nitrogens with two attached hydrogens (primary N) is 1. The minimum atomic E-state index is -0.441. The fourth-order valence-corrected chi connectivity index (χ4v) is 1.97. The highest BCUT2D eigenvalue weighted by Crippen LogP contribution is 2.18. The molecule has 94 valence electrons. The number of hydrogen-bond donors (Lipinski definition) is 1. The molecule has 0 saturated carbocycles. The Morgan fingerprint density at radius 2 is 2.18 bits per heavy atom. The molecule has 0 aliphatic heterocycles. The average Bonchev–Trinajstić information content (AvgIpc) is 2.31. The number of hydrogen-bond acceptors (Lipinski definition) is 2. The van der Waals surface area contributed by atoms with Crippen LogP contribution in [0.4, 0.5) is 4.39 Å². The summed E-state index contributed by atoms with van der Waals surface area (Å²) in [4.78, 5) is 11.9. The summed E-state index contributed by atoms with van der Waals surface area (Å²) >= 11 is 3.10. The summed E-state index contributed by atoms with van der Waals surface area (Å²) < 4.78 is 13.4. The predicted octanol–water partition coefficient (Wildman–Crippen LogP) is 3.07. The van der Waals surface area contributed by atoms with Gasteiger partial charge < -0.3 is 5.73 Å². The van der Waals surface area contributed by atoms with Gasteiger partial charge in [-0.1, -0.05) is 26.3 Å². The first-order chi connectivity index (χ1) is 7.95. The molecule has 2 unspecified atom stereocenters. The molecule has 0 aliphatic rings. The lowest BCUT2D eigenvalue weighted by Gasteiger charge is -2.16. The van der Waals surface area contributed by atoms with E-state index in [0.29, 0.717) is 4.47 Å². The number of carbonyl (C=O) groups excluding carboxylic acids is 1. The van der Waals surface area contributed by atoms with Crippen molar-refractivity contribution in [3.8, 4) is 0 Å². The second kappa shape index (κ2) is 6.26. The van der Waals surface area contributed by atoms with Crippen LogP contribution in [0.1, 0.15) is 25.8 Å². The SMILES string of the molecule is CCC(C)C(N)C(=O)Cc1ccc(F)c(Br)c1. The van der Waals surface area contributed by atoms with E-state index in [4.69, 9.17) is 5.73 Å². The largest absolute Gasteiger partial charge is 0.321 e. The minimum Gasteiger partial charge on any atom is -0.321 e. The van der Waals surface area contributed by atoms with Crippen LogP contribution in [0.3, 0.4) is 0 Å². The van der Waals surface area contributed by atoms with Gasteiger partial charge >= 0.3 is 0 Å². The van der Waals surface area contributed by atoms with Gasteiger partial charge in [-0.2, -0.15) is 0 Å². The van der Waals surface area contributed by atoms with Crippen LogP contribution in [0.15, 0.2) is 22.7 Å². The number of benzene rings is 1. The van der Waals surface area contributed by atoms with Crippen LogP contribution in [-0.2, 0) is 11.2 Å². The fourth-order valence-electron chi connectivity index (χ4n) is 1.54. The molecule has 17 heavy (non-hydrogen) atoms. The molecule has 4 heteroatoms. The Balaban J connectivity index is 2.71. The summed E-state index contributed by atoms with van der Waals surface area (Å²) in [5, 5.41) is 0. The molecule has 2 nitrogen and oxygen atoms in total. The molecule has 0 heterocycles. The number of halogens is 2. The first-order valence-electron chi connectivity index (χ1n) is 5.68. The van der Waals surface area contributed by atoms with Gasteiger partial charge in [-0.15, -0.1) is 0 Å². The Hall–Kier alpha value is -0.740. The summed E-state index contributed by atoms with van der Waals surface area (Å²) in [6.45, 7) is 3.97. The van der Waals surface area contributed by atoms with Crippen molar-refractivity contribution in [1.29, 1.82) is 0 Å². The van der Waals surface area contributed by atoms with Crippen molar-refractivity contribution in [2.24, 2.45) is 11.7 Å². The highest BCUT2D eigenvalue weighted by molar-refractivity contribution is 9.10. The highest BCUT2D eigenvalue weighted by atomic mass is 79.9. The molecule has 0 amide bonds. The standard InChI is InChI=1S/C13H17BrFNO/c1-3-8(2)13(16)12(17)7-9-4-5-11(15)10(14)6-9/h4-6,8,13H,3,7,16H2,1-2H3. The van der Waals surface area contributed by atoms with E-state index in [1.807, 2.05) is 13.8 Å². The third kappa shape index (κ3) is 3.89. The second-order valence-corrected chi connectivity index (χ2v) is 5.16. The van der Waals surface area contributed by atoms with Crippen LogP contribution in [0.2, 0.25) is 0 Å². The molecular weight excluding hydrogens is 285 g/mol. The Bertz CT molecular complexity index is 408. The molecule has 2 N–H and O–H groups in total. The maximum Gasteiger partial charge on any atom is 0.154 e. The zero-order valence-corrected chi connectivity index (χ0v) is 11.6. The molecule has 0 radical (unpaired) electrons. The van der Waals surface area contributed by atoms with Crippen LogP contribution in [0.25, 0.3) is 0 Å². The lowest BCUT2D eigenvalue weighted by atomic mass is 9.93. The Morgan fingerprint density at radius 1 is 1.53 bits per heavy atom. The smallest absolute Gasteiger partial charge is 0.154 e. The second-order valence-electron chi connectivity index (χ2n) is 4.30. The van der Waals surface area contributed by atoms with Crippen LogP contribution >= 0.6 is 15.9 Å². The molecule has 1 aromatic carbocycles. The quantitative estimate of drug-likeness (QED) is 0.908. The van der Waals surface area contributed by atoms with E-state index in [-0.39, 0.29) is 23.9 Å². The lowest BCUT2D eigenvalue weighted by Crippen LogP contribution is -2.37. The van der Waals surface area contributed by atoms with E-state index in [2.05, 4.69) is 15.9 Å². The number of rotatable bonds is 5. The van der Waals surface area contributed by atoms with E-state index >= 15 is 0 Å². The van der Waals surface area contributed by atoms with Gasteiger partial charge in [0, 0.05) is 6.42 Å². The van der Waals surface area contributed by atoms with Gasteiger partial charge in [0.2, 0.25) is 0 Å². The third-order valence-corrected chi connectivity index (χ3v) is 3.60. The molecular formula is C13H17BrFNO. The van der Waals surface area contributed by atoms with Crippen LogP contribution in [-0.4, -0.2) is 11.8 Å². The van der Waals surface area contributed by atoms with Crippen LogP contribution < -0.4 is 5.73 Å². The topological polar surface area (TPSA) is 43.1 Å². The van der Waals surface area contributed by atoms with E-state index in [1.54, 1.807) is 12.1 Å². The molecule has 0 aliphatic carbocycles. The maximum absolute atomic E-state index is 13.0. The van der Waals surface area contributed by atoms with Gasteiger partial charge in [0.1, 0.15) is 5.82 Å².